The van der Waals surface area contributed by atoms with E-state index in [9.17, 15) is 20.2 Å². The normalized spacial score (nSPS) is 10.2. The summed E-state index contributed by atoms with van der Waals surface area (Å²) in [4.78, 5) is 33.1. The first-order valence-corrected chi connectivity index (χ1v) is 8.72. The van der Waals surface area contributed by atoms with Crippen LogP contribution in [0.1, 0.15) is 5.56 Å². The molecule has 0 aliphatic carbocycles. The average Bonchev–Trinajstić information content (AvgIpc) is 2.68. The SMILES string of the molecule is CSc1nc(-c2ccc(Oc3ncccc3[N+](=O)[O-])cc2)c(C#N)c(=O)[nH]1. The molecular formula is C17H11N5O4S. The van der Waals surface area contributed by atoms with Crippen molar-refractivity contribution in [1.82, 2.24) is 15.0 Å². The van der Waals surface area contributed by atoms with Gasteiger partial charge in [-0.2, -0.15) is 5.26 Å². The molecule has 0 radical (unpaired) electrons. The summed E-state index contributed by atoms with van der Waals surface area (Å²) in [5.41, 5.74) is -0.0795. The molecule has 1 N–H and O–H groups in total. The lowest BCUT2D eigenvalue weighted by atomic mass is 10.1. The highest BCUT2D eigenvalue weighted by molar-refractivity contribution is 7.98. The third kappa shape index (κ3) is 3.78. The number of aromatic amines is 1. The van der Waals surface area contributed by atoms with Crippen molar-refractivity contribution in [1.29, 1.82) is 5.26 Å². The summed E-state index contributed by atoms with van der Waals surface area (Å²) < 4.78 is 5.48. The number of ether oxygens (including phenoxy) is 1. The van der Waals surface area contributed by atoms with Gasteiger partial charge in [0.25, 0.3) is 11.4 Å². The maximum Gasteiger partial charge on any atom is 0.331 e. The number of hydrogen-bond donors (Lipinski definition) is 1. The van der Waals surface area contributed by atoms with Gasteiger partial charge in [0.1, 0.15) is 17.4 Å². The second kappa shape index (κ2) is 7.67. The summed E-state index contributed by atoms with van der Waals surface area (Å²) in [5, 5.41) is 20.7. The van der Waals surface area contributed by atoms with E-state index in [4.69, 9.17) is 4.74 Å². The smallest absolute Gasteiger partial charge is 0.331 e. The summed E-state index contributed by atoms with van der Waals surface area (Å²) >= 11 is 1.25. The molecule has 134 valence electrons. The molecule has 2 aromatic heterocycles. The van der Waals surface area contributed by atoms with Crippen LogP contribution in [-0.4, -0.2) is 26.1 Å². The number of thioether (sulfide) groups is 1. The minimum Gasteiger partial charge on any atom is -0.434 e. The topological polar surface area (TPSA) is 135 Å². The Balaban J connectivity index is 1.96. The molecule has 0 amide bonds. The molecule has 0 fully saturated rings. The molecule has 0 aliphatic heterocycles. The van der Waals surface area contributed by atoms with E-state index < -0.39 is 10.5 Å². The van der Waals surface area contributed by atoms with Crippen molar-refractivity contribution in [3.63, 3.8) is 0 Å². The number of nitrogens with zero attached hydrogens (tertiary/aromatic N) is 4. The average molecular weight is 381 g/mol. The summed E-state index contributed by atoms with van der Waals surface area (Å²) in [6.07, 6.45) is 3.14. The first kappa shape index (κ1) is 18.1. The Morgan fingerprint density at radius 3 is 2.67 bits per heavy atom. The Labute approximate surface area is 156 Å². The molecule has 0 saturated heterocycles. The maximum atomic E-state index is 12.0. The molecule has 3 aromatic rings. The molecular weight excluding hydrogens is 370 g/mol. The third-order valence-corrected chi connectivity index (χ3v) is 4.07. The van der Waals surface area contributed by atoms with E-state index in [2.05, 4.69) is 15.0 Å². The van der Waals surface area contributed by atoms with Crippen LogP contribution in [0.15, 0.2) is 52.5 Å². The van der Waals surface area contributed by atoms with E-state index in [1.54, 1.807) is 30.5 Å². The van der Waals surface area contributed by atoms with Gasteiger partial charge in [0, 0.05) is 17.8 Å². The third-order valence-electron chi connectivity index (χ3n) is 3.49. The minimum absolute atomic E-state index is 0.0955. The highest BCUT2D eigenvalue weighted by Crippen LogP contribution is 2.30. The first-order chi connectivity index (χ1) is 13.0. The number of nitrogens with one attached hydrogen (secondary N) is 1. The monoisotopic (exact) mass is 381 g/mol. The molecule has 0 aliphatic rings. The Bertz CT molecular complexity index is 1110. The molecule has 0 saturated carbocycles. The van der Waals surface area contributed by atoms with Crippen molar-refractivity contribution >= 4 is 17.4 Å². The minimum atomic E-state index is -0.583. The van der Waals surface area contributed by atoms with E-state index >= 15 is 0 Å². The standard InChI is InChI=1S/C17H11N5O4S/c1-27-17-20-14(12(9-18)15(23)21-17)10-4-6-11(7-5-10)26-16-13(22(24)25)3-2-8-19-16/h2-8H,1H3,(H,20,21,23). The van der Waals surface area contributed by atoms with Crippen LogP contribution in [0.25, 0.3) is 11.3 Å². The van der Waals surface area contributed by atoms with Crippen LogP contribution in [0.5, 0.6) is 11.6 Å². The predicted octanol–water partition coefficient (Wildman–Crippen LogP) is 3.13. The molecule has 10 heteroatoms. The van der Waals surface area contributed by atoms with Gasteiger partial charge in [-0.15, -0.1) is 0 Å². The van der Waals surface area contributed by atoms with Crippen LogP contribution < -0.4 is 10.3 Å². The molecule has 9 nitrogen and oxygen atoms in total. The van der Waals surface area contributed by atoms with E-state index in [0.717, 1.165) is 0 Å². The van der Waals surface area contributed by atoms with Crippen LogP contribution in [0, 0.1) is 21.4 Å². The van der Waals surface area contributed by atoms with Gasteiger partial charge in [-0.3, -0.25) is 14.9 Å². The van der Waals surface area contributed by atoms with Crippen LogP contribution >= 0.6 is 11.8 Å². The highest BCUT2D eigenvalue weighted by Gasteiger charge is 2.17. The van der Waals surface area contributed by atoms with Crippen molar-refractivity contribution in [3.05, 3.63) is 68.6 Å². The predicted molar refractivity (Wildman–Crippen MR) is 97.8 cm³/mol. The second-order valence-electron chi connectivity index (χ2n) is 5.12. The number of pyridine rings is 1. The van der Waals surface area contributed by atoms with Gasteiger partial charge in [0.2, 0.25) is 0 Å². The van der Waals surface area contributed by atoms with E-state index in [0.29, 0.717) is 16.5 Å². The molecule has 2 heterocycles. The zero-order valence-corrected chi connectivity index (χ0v) is 14.7. The highest BCUT2D eigenvalue weighted by atomic mass is 32.2. The van der Waals surface area contributed by atoms with Crippen molar-refractivity contribution in [2.75, 3.05) is 6.26 Å². The zero-order valence-electron chi connectivity index (χ0n) is 13.9. The van der Waals surface area contributed by atoms with Crippen LogP contribution in [0.3, 0.4) is 0 Å². The van der Waals surface area contributed by atoms with Gasteiger partial charge in [-0.25, -0.2) is 9.97 Å². The van der Waals surface area contributed by atoms with Gasteiger partial charge in [-0.05, 0) is 36.6 Å². The molecule has 0 bridgehead atoms. The number of H-pyrrole nitrogens is 1. The van der Waals surface area contributed by atoms with Crippen LogP contribution in [0.2, 0.25) is 0 Å². The number of benzene rings is 1. The fourth-order valence-electron chi connectivity index (χ4n) is 2.25. The van der Waals surface area contributed by atoms with E-state index in [1.807, 2.05) is 6.07 Å². The summed E-state index contributed by atoms with van der Waals surface area (Å²) in [7, 11) is 0. The fourth-order valence-corrected chi connectivity index (χ4v) is 2.63. The maximum absolute atomic E-state index is 12.0. The van der Waals surface area contributed by atoms with Crippen LogP contribution in [-0.2, 0) is 0 Å². The Morgan fingerprint density at radius 1 is 1.30 bits per heavy atom. The molecule has 3 rings (SSSR count). The quantitative estimate of drug-likeness (QED) is 0.308. The number of aromatic nitrogens is 3. The molecule has 0 atom stereocenters. The van der Waals surface area contributed by atoms with Crippen LogP contribution in [0.4, 0.5) is 5.69 Å². The Hall–Kier alpha value is -3.71. The molecule has 1 aromatic carbocycles. The van der Waals surface area contributed by atoms with Gasteiger partial charge in [-0.1, -0.05) is 11.8 Å². The number of rotatable bonds is 5. The summed E-state index contributed by atoms with van der Waals surface area (Å²) in [6.45, 7) is 0. The van der Waals surface area contributed by atoms with Crippen molar-refractivity contribution in [2.45, 2.75) is 5.16 Å². The molecule has 0 unspecified atom stereocenters. The molecule has 0 spiro atoms. The van der Waals surface area contributed by atoms with Crippen molar-refractivity contribution in [3.8, 4) is 29.0 Å². The van der Waals surface area contributed by atoms with Gasteiger partial charge in [0.05, 0.1) is 10.6 Å². The fraction of sp³-hybridized carbons (Fsp3) is 0.0588. The van der Waals surface area contributed by atoms with Crippen molar-refractivity contribution < 1.29 is 9.66 Å². The molecule has 27 heavy (non-hydrogen) atoms. The lowest BCUT2D eigenvalue weighted by Gasteiger charge is -2.07. The Kier molecular flexibility index (Phi) is 5.14. The largest absolute Gasteiger partial charge is 0.434 e. The van der Waals surface area contributed by atoms with Crippen molar-refractivity contribution in [2.24, 2.45) is 0 Å². The lowest BCUT2D eigenvalue weighted by Crippen LogP contribution is -2.14. The van der Waals surface area contributed by atoms with Gasteiger partial charge < -0.3 is 9.72 Å². The van der Waals surface area contributed by atoms with Gasteiger partial charge in [0.15, 0.2) is 5.16 Å². The number of nitriles is 1. The van der Waals surface area contributed by atoms with Gasteiger partial charge >= 0.3 is 5.69 Å². The Morgan fingerprint density at radius 2 is 2.04 bits per heavy atom. The van der Waals surface area contributed by atoms with E-state index in [1.165, 1.54) is 30.1 Å². The van der Waals surface area contributed by atoms with E-state index in [-0.39, 0.29) is 22.8 Å². The first-order valence-electron chi connectivity index (χ1n) is 7.49. The number of nitro groups is 1. The zero-order chi connectivity index (χ0) is 19.4. The number of hydrogen-bond acceptors (Lipinski definition) is 8. The summed E-state index contributed by atoms with van der Waals surface area (Å²) in [6, 6.07) is 10.9. The second-order valence-corrected chi connectivity index (χ2v) is 5.92. The lowest BCUT2D eigenvalue weighted by molar-refractivity contribution is -0.386. The summed E-state index contributed by atoms with van der Waals surface area (Å²) in [5.74, 6) is 0.181.